The van der Waals surface area contributed by atoms with Gasteiger partial charge in [-0.05, 0) is 37.0 Å². The van der Waals surface area contributed by atoms with E-state index in [2.05, 4.69) is 41.5 Å². The molecule has 0 aromatic carbocycles. The molecule has 0 spiro atoms. The van der Waals surface area contributed by atoms with Crippen LogP contribution in [0.25, 0.3) is 0 Å². The Balaban J connectivity index is 4.18. The van der Waals surface area contributed by atoms with Crippen LogP contribution in [0.2, 0.25) is 0 Å². The molecule has 0 aromatic heterocycles. The van der Waals surface area contributed by atoms with Crippen LogP contribution in [0.4, 0.5) is 0 Å². The van der Waals surface area contributed by atoms with Gasteiger partial charge in [0.2, 0.25) is 0 Å². The first-order chi connectivity index (χ1) is 30.6. The average molecular weight is 892 g/mol. The van der Waals surface area contributed by atoms with E-state index in [1.165, 1.54) is 193 Å². The van der Waals surface area contributed by atoms with Crippen molar-refractivity contribution in [2.45, 2.75) is 317 Å². The molecule has 0 N–H and O–H groups in total. The zero-order chi connectivity index (χ0) is 46.3. The molecule has 374 valence electrons. The van der Waals surface area contributed by atoms with Gasteiger partial charge in [0.15, 0.2) is 6.10 Å². The summed E-state index contributed by atoms with van der Waals surface area (Å²) in [7, 11) is 0. The normalized spacial score (nSPS) is 12.6. The number of rotatable bonds is 50. The fourth-order valence-corrected chi connectivity index (χ4v) is 8.61. The van der Waals surface area contributed by atoms with E-state index in [9.17, 15) is 14.4 Å². The van der Waals surface area contributed by atoms with Crippen molar-refractivity contribution in [1.29, 1.82) is 0 Å². The van der Waals surface area contributed by atoms with Crippen LogP contribution in [0.1, 0.15) is 311 Å². The summed E-state index contributed by atoms with van der Waals surface area (Å²) in [5, 5.41) is 0. The maximum absolute atomic E-state index is 12.8. The van der Waals surface area contributed by atoms with E-state index in [1.54, 1.807) is 0 Å². The standard InChI is InChI=1S/C57H110O6/c1-7-53(6)45-39-33-26-22-18-14-12-10-8-9-11-13-15-19-23-27-34-40-46-55(58)61-49-54(50-62-56(59)47-41-35-30-29-32-38-44-52(4)5)63-57(60)48-42-36-28-24-20-16-17-21-25-31-37-43-51(2)3/h51-54H,7-50H2,1-6H3/t53?,54-/m1/s1. The van der Waals surface area contributed by atoms with Gasteiger partial charge < -0.3 is 14.2 Å². The fourth-order valence-electron chi connectivity index (χ4n) is 8.61. The number of hydrogen-bond donors (Lipinski definition) is 0. The number of ether oxygens (including phenoxy) is 3. The molecular weight excluding hydrogens is 781 g/mol. The summed E-state index contributed by atoms with van der Waals surface area (Å²) in [6.45, 7) is 13.7. The van der Waals surface area contributed by atoms with Gasteiger partial charge in [0.25, 0.3) is 0 Å². The molecule has 0 saturated carbocycles. The van der Waals surface area contributed by atoms with Gasteiger partial charge >= 0.3 is 17.9 Å². The largest absolute Gasteiger partial charge is 0.462 e. The zero-order valence-electron chi connectivity index (χ0n) is 43.4. The molecule has 0 aliphatic carbocycles. The van der Waals surface area contributed by atoms with Crippen LogP contribution in [-0.4, -0.2) is 37.2 Å². The van der Waals surface area contributed by atoms with Crippen LogP contribution in [0.15, 0.2) is 0 Å². The van der Waals surface area contributed by atoms with Crippen LogP contribution in [0.3, 0.4) is 0 Å². The highest BCUT2D eigenvalue weighted by Gasteiger charge is 2.19. The maximum atomic E-state index is 12.8. The lowest BCUT2D eigenvalue weighted by Gasteiger charge is -2.18. The maximum Gasteiger partial charge on any atom is 0.306 e. The van der Waals surface area contributed by atoms with E-state index in [0.29, 0.717) is 19.3 Å². The molecule has 0 heterocycles. The highest BCUT2D eigenvalue weighted by Crippen LogP contribution is 2.19. The molecule has 6 nitrogen and oxygen atoms in total. The summed E-state index contributed by atoms with van der Waals surface area (Å²) < 4.78 is 16.8. The van der Waals surface area contributed by atoms with Crippen molar-refractivity contribution in [3.05, 3.63) is 0 Å². The third-order valence-electron chi connectivity index (χ3n) is 13.3. The van der Waals surface area contributed by atoms with Gasteiger partial charge in [-0.3, -0.25) is 14.4 Å². The monoisotopic (exact) mass is 891 g/mol. The molecule has 0 saturated heterocycles. The third kappa shape index (κ3) is 49.7. The van der Waals surface area contributed by atoms with Crippen molar-refractivity contribution < 1.29 is 28.6 Å². The molecule has 0 bridgehead atoms. The smallest absolute Gasteiger partial charge is 0.306 e. The second-order valence-corrected chi connectivity index (χ2v) is 20.8. The van der Waals surface area contributed by atoms with Crippen LogP contribution in [0, 0.1) is 17.8 Å². The predicted molar refractivity (Wildman–Crippen MR) is 270 cm³/mol. The number of carbonyl (C=O) groups is 3. The third-order valence-corrected chi connectivity index (χ3v) is 13.3. The van der Waals surface area contributed by atoms with Crippen LogP contribution in [-0.2, 0) is 28.6 Å². The van der Waals surface area contributed by atoms with Gasteiger partial charge in [0.1, 0.15) is 13.2 Å². The van der Waals surface area contributed by atoms with Crippen molar-refractivity contribution in [3.63, 3.8) is 0 Å². The molecule has 0 rings (SSSR count). The molecule has 63 heavy (non-hydrogen) atoms. The Labute approximate surface area is 393 Å². The zero-order valence-corrected chi connectivity index (χ0v) is 43.4. The Hall–Kier alpha value is -1.59. The molecule has 0 radical (unpaired) electrons. The van der Waals surface area contributed by atoms with Crippen molar-refractivity contribution >= 4 is 17.9 Å². The minimum atomic E-state index is -0.763. The summed E-state index contributed by atoms with van der Waals surface area (Å²) in [5.41, 5.74) is 0. The van der Waals surface area contributed by atoms with E-state index in [4.69, 9.17) is 14.2 Å². The molecule has 0 aliphatic heterocycles. The second kappa shape index (κ2) is 48.3. The van der Waals surface area contributed by atoms with Gasteiger partial charge in [0, 0.05) is 19.3 Å². The molecule has 2 atom stereocenters. The van der Waals surface area contributed by atoms with Crippen LogP contribution < -0.4 is 0 Å². The van der Waals surface area contributed by atoms with E-state index < -0.39 is 6.10 Å². The highest BCUT2D eigenvalue weighted by molar-refractivity contribution is 5.71. The van der Waals surface area contributed by atoms with Crippen molar-refractivity contribution in [2.24, 2.45) is 17.8 Å². The Bertz CT molecular complexity index is 978. The number of carbonyl (C=O) groups excluding carboxylic acids is 3. The SMILES string of the molecule is CCC(C)CCCCCCCCCCCCCCCCCCCCC(=O)OC[C@H](COC(=O)CCCCCCCCC(C)C)OC(=O)CCCCCCCCCCCCCC(C)C. The van der Waals surface area contributed by atoms with Gasteiger partial charge in [-0.2, -0.15) is 0 Å². The summed E-state index contributed by atoms with van der Waals surface area (Å²) in [5.74, 6) is 1.65. The van der Waals surface area contributed by atoms with E-state index >= 15 is 0 Å². The number of esters is 3. The summed E-state index contributed by atoms with van der Waals surface area (Å²) in [6, 6.07) is 0. The first-order valence-electron chi connectivity index (χ1n) is 28.1. The summed E-state index contributed by atoms with van der Waals surface area (Å²) in [6.07, 6.45) is 49.7. The Kier molecular flexibility index (Phi) is 47.1. The summed E-state index contributed by atoms with van der Waals surface area (Å²) >= 11 is 0. The minimum Gasteiger partial charge on any atom is -0.462 e. The van der Waals surface area contributed by atoms with Gasteiger partial charge in [-0.1, -0.05) is 273 Å². The molecule has 0 aromatic rings. The lowest BCUT2D eigenvalue weighted by atomic mass is 9.99. The van der Waals surface area contributed by atoms with Crippen molar-refractivity contribution in [3.8, 4) is 0 Å². The molecule has 0 aliphatic rings. The van der Waals surface area contributed by atoms with Crippen LogP contribution in [0.5, 0.6) is 0 Å². The number of unbranched alkanes of at least 4 members (excludes halogenated alkanes) is 32. The van der Waals surface area contributed by atoms with E-state index in [-0.39, 0.29) is 31.1 Å². The molecular formula is C57H110O6. The van der Waals surface area contributed by atoms with Gasteiger partial charge in [-0.25, -0.2) is 0 Å². The Morgan fingerprint density at radius 3 is 0.825 bits per heavy atom. The Morgan fingerprint density at radius 1 is 0.317 bits per heavy atom. The predicted octanol–water partition coefficient (Wildman–Crippen LogP) is 18.3. The fraction of sp³-hybridized carbons (Fsp3) is 0.947. The van der Waals surface area contributed by atoms with Crippen LogP contribution >= 0.6 is 0 Å². The molecule has 0 amide bonds. The Morgan fingerprint density at radius 2 is 0.556 bits per heavy atom. The average Bonchev–Trinajstić information content (AvgIpc) is 3.25. The van der Waals surface area contributed by atoms with E-state index in [0.717, 1.165) is 75.5 Å². The van der Waals surface area contributed by atoms with Gasteiger partial charge in [-0.15, -0.1) is 0 Å². The second-order valence-electron chi connectivity index (χ2n) is 20.8. The molecule has 0 fully saturated rings. The van der Waals surface area contributed by atoms with Crippen molar-refractivity contribution in [2.75, 3.05) is 13.2 Å². The minimum absolute atomic E-state index is 0.0648. The van der Waals surface area contributed by atoms with E-state index in [1.807, 2.05) is 0 Å². The topological polar surface area (TPSA) is 78.9 Å². The van der Waals surface area contributed by atoms with Crippen molar-refractivity contribution in [1.82, 2.24) is 0 Å². The first kappa shape index (κ1) is 61.4. The number of hydrogen-bond acceptors (Lipinski definition) is 6. The van der Waals surface area contributed by atoms with Gasteiger partial charge in [0.05, 0.1) is 0 Å². The first-order valence-corrected chi connectivity index (χ1v) is 28.1. The lowest BCUT2D eigenvalue weighted by molar-refractivity contribution is -0.167. The molecule has 1 unspecified atom stereocenters. The lowest BCUT2D eigenvalue weighted by Crippen LogP contribution is -2.30. The summed E-state index contributed by atoms with van der Waals surface area (Å²) in [4.78, 5) is 38.0. The highest BCUT2D eigenvalue weighted by atomic mass is 16.6. The molecule has 6 heteroatoms. The quantitative estimate of drug-likeness (QED) is 0.0344.